The van der Waals surface area contributed by atoms with Gasteiger partial charge < -0.3 is 15.9 Å². The number of nitrogen functional groups attached to an aromatic ring is 1. The number of nitrogens with two attached hydrogens (primary N) is 1. The van der Waals surface area contributed by atoms with Crippen LogP contribution in [0.4, 0.5) is 51.2 Å². The molecule has 7 rings (SSSR count). The maximum absolute atomic E-state index is 13.8. The van der Waals surface area contributed by atoms with Crippen molar-refractivity contribution in [2.24, 2.45) is 40.9 Å². The second-order valence-corrected chi connectivity index (χ2v) is 31.1. The number of anilines is 1. The molecule has 90 heavy (non-hydrogen) atoms. The summed E-state index contributed by atoms with van der Waals surface area (Å²) in [6.45, 7) is 1.58. The molecule has 0 atom stereocenters. The first-order chi connectivity index (χ1) is 41.4. The molecule has 0 aromatic heterocycles. The van der Waals surface area contributed by atoms with Crippen LogP contribution in [0.3, 0.4) is 0 Å². The van der Waals surface area contributed by atoms with Crippen LogP contribution in [-0.2, 0) is 122 Å². The third kappa shape index (κ3) is 16.9. The lowest BCUT2D eigenvalue weighted by Gasteiger charge is -2.16. The van der Waals surface area contributed by atoms with Crippen LogP contribution in [0.1, 0.15) is 33.4 Å². The summed E-state index contributed by atoms with van der Waals surface area (Å²) in [4.78, 5) is -2.71. The topological polar surface area (TPSA) is 567 Å². The second-order valence-electron chi connectivity index (χ2n) is 18.8. The molecular weight excluding hydrogens is 1360 g/mol. The van der Waals surface area contributed by atoms with Crippen molar-refractivity contribution in [2.75, 3.05) is 27.1 Å². The SMILES string of the molecule is COS(=O)(=O)c1ccc(CS(=O)(=O)O)cc1N=Nc1c(S(=O)(=O)OC)cc2c(N=Nc3cc(C)ccc3CS(=O)(=O)O)ccc(N=Nc3cc(CS(=O)(=O)O)c4cc(CS(=O)(=O)O)c(N=Nc5cc(CS(=O)(=O)O)ccc5S(=O)(=O)OC)c(O)c4c3N)c2c1O. The number of rotatable bonds is 24. The molecule has 7 aromatic carbocycles. The minimum Gasteiger partial charge on any atom is -0.505 e. The summed E-state index contributed by atoms with van der Waals surface area (Å²) in [7, 11) is -37.2. The molecule has 0 aliphatic rings. The largest absolute Gasteiger partial charge is 0.505 e. The molecule has 482 valence electrons. The lowest BCUT2D eigenvalue weighted by Crippen LogP contribution is -2.06. The highest BCUT2D eigenvalue weighted by atomic mass is 32.2. The third-order valence-electron chi connectivity index (χ3n) is 12.2. The molecule has 7 aromatic rings. The van der Waals surface area contributed by atoms with Crippen molar-refractivity contribution < 1.29 is 113 Å². The van der Waals surface area contributed by atoms with Crippen molar-refractivity contribution in [1.29, 1.82) is 0 Å². The van der Waals surface area contributed by atoms with Gasteiger partial charge in [0.05, 0.1) is 54.9 Å². The Morgan fingerprint density at radius 1 is 0.367 bits per heavy atom. The van der Waals surface area contributed by atoms with E-state index in [9.17, 15) is 100 Å². The molecule has 43 heteroatoms. The minimum atomic E-state index is -5.17. The van der Waals surface area contributed by atoms with E-state index in [-0.39, 0.29) is 22.4 Å². The van der Waals surface area contributed by atoms with E-state index in [4.69, 9.17) is 9.92 Å². The molecule has 0 heterocycles. The fourth-order valence-electron chi connectivity index (χ4n) is 8.47. The Labute approximate surface area is 511 Å². The van der Waals surface area contributed by atoms with E-state index in [1.807, 2.05) is 0 Å². The average molecular weight is 1410 g/mol. The van der Waals surface area contributed by atoms with Gasteiger partial charge in [-0.2, -0.15) is 72.5 Å². The average Bonchev–Trinajstić information content (AvgIpc) is 0.757. The highest BCUT2D eigenvalue weighted by molar-refractivity contribution is 7.88. The molecule has 0 fully saturated rings. The van der Waals surface area contributed by atoms with Crippen LogP contribution < -0.4 is 5.73 Å². The van der Waals surface area contributed by atoms with Gasteiger partial charge in [0.1, 0.15) is 71.9 Å². The van der Waals surface area contributed by atoms with Gasteiger partial charge in [0.25, 0.3) is 80.9 Å². The number of benzene rings is 7. The number of hydrogen-bond donors (Lipinski definition) is 8. The number of nitrogens with zero attached hydrogens (tertiary/aromatic N) is 8. The standard InChI is InChI=1S/C47H45N9O26S8/c1-24-5-8-27(21-85(65,66)67)34(13-24)51-49-32-9-10-33(41-31(32)18-40(90(78,79)82-4)45(46(41)57)56-53-36-15-26(20-84(62,63)64)7-12-39(36)89(76,77)81-3)50-54-37-17-28(22-86(68,69)70)30-16-29(23-87(71,72)73)44(47(58)42(30)43(37)48)55-52-35-14-25(19-83(59,60)61)6-11-38(35)88(74,75)80-2/h5-18,57-58H,19-23,48H2,1-4H3,(H,59,60,61)(H,62,63,64)(H,65,66,67)(H,68,69,70)(H,71,72,73). The van der Waals surface area contributed by atoms with Crippen molar-refractivity contribution in [3.05, 3.63) is 118 Å². The second kappa shape index (κ2) is 25.8. The highest BCUT2D eigenvalue weighted by Gasteiger charge is 2.30. The molecule has 0 aliphatic carbocycles. The lowest BCUT2D eigenvalue weighted by molar-refractivity contribution is 0.396. The highest BCUT2D eigenvalue weighted by Crippen LogP contribution is 2.51. The lowest BCUT2D eigenvalue weighted by atomic mass is 9.98. The fourth-order valence-corrected chi connectivity index (χ4v) is 13.9. The van der Waals surface area contributed by atoms with Crippen molar-refractivity contribution in [2.45, 2.75) is 50.4 Å². The Balaban J connectivity index is 1.57. The molecular formula is C47H45N9O26S8. The zero-order valence-electron chi connectivity index (χ0n) is 45.9. The molecule has 0 saturated heterocycles. The summed E-state index contributed by atoms with van der Waals surface area (Å²) in [6, 6.07) is 13.6. The Bertz CT molecular complexity index is 5240. The van der Waals surface area contributed by atoms with Crippen LogP contribution in [0.2, 0.25) is 0 Å². The van der Waals surface area contributed by atoms with E-state index >= 15 is 0 Å². The number of azo groups is 4. The number of fused-ring (bicyclic) bond motifs is 2. The summed E-state index contributed by atoms with van der Waals surface area (Å²) in [5.41, 5.74) is -1.06. The number of hydrogen-bond acceptors (Lipinski definition) is 30. The van der Waals surface area contributed by atoms with Crippen LogP contribution >= 0.6 is 0 Å². The van der Waals surface area contributed by atoms with Crippen molar-refractivity contribution in [3.8, 4) is 11.5 Å². The summed E-state index contributed by atoms with van der Waals surface area (Å²) < 4.78 is 264. The fraction of sp³-hybridized carbons (Fsp3) is 0.191. The molecule has 0 spiro atoms. The monoisotopic (exact) mass is 1410 g/mol. The Morgan fingerprint density at radius 2 is 0.778 bits per heavy atom. The van der Waals surface area contributed by atoms with Gasteiger partial charge in [0.15, 0.2) is 11.5 Å². The molecule has 0 bridgehead atoms. The predicted octanol–water partition coefficient (Wildman–Crippen LogP) is 7.90. The van der Waals surface area contributed by atoms with Crippen molar-refractivity contribution >= 4 is 154 Å². The van der Waals surface area contributed by atoms with E-state index in [2.05, 4.69) is 49.3 Å². The molecule has 9 N–H and O–H groups in total. The Hall–Kier alpha value is -7.86. The number of phenols is 2. The predicted molar refractivity (Wildman–Crippen MR) is 315 cm³/mol. The normalized spacial score (nSPS) is 13.5. The third-order valence-corrected chi connectivity index (χ3v) is 19.6. The molecule has 0 unspecified atom stereocenters. The van der Waals surface area contributed by atoms with Gasteiger partial charge in [-0.25, -0.2) is 0 Å². The molecule has 35 nitrogen and oxygen atoms in total. The summed E-state index contributed by atoms with van der Waals surface area (Å²) >= 11 is 0. The van der Waals surface area contributed by atoms with Crippen LogP contribution in [0, 0.1) is 6.92 Å². The molecule has 0 amide bonds. The zero-order chi connectivity index (χ0) is 67.1. The smallest absolute Gasteiger partial charge is 0.299 e. The van der Waals surface area contributed by atoms with Gasteiger partial charge in [0.2, 0.25) is 0 Å². The summed E-state index contributed by atoms with van der Waals surface area (Å²) in [5, 5.41) is 53.9. The zero-order valence-corrected chi connectivity index (χ0v) is 52.5. The Kier molecular flexibility index (Phi) is 19.9. The number of aryl methyl sites for hydroxylation is 1. The first-order valence-corrected chi connectivity index (χ1v) is 36.3. The van der Waals surface area contributed by atoms with Gasteiger partial charge in [-0.15, -0.1) is 35.8 Å². The first-order valence-electron chi connectivity index (χ1n) is 24.1. The van der Waals surface area contributed by atoms with Crippen LogP contribution in [0.5, 0.6) is 11.5 Å². The molecule has 0 radical (unpaired) electrons. The maximum Gasteiger partial charge on any atom is 0.299 e. The van der Waals surface area contributed by atoms with Gasteiger partial charge >= 0.3 is 0 Å². The quantitative estimate of drug-likeness (QED) is 0.0123. The minimum absolute atomic E-state index is 0.0993. The summed E-state index contributed by atoms with van der Waals surface area (Å²) in [6.07, 6.45) is 0. The van der Waals surface area contributed by atoms with Gasteiger partial charge in [-0.3, -0.25) is 35.3 Å². The van der Waals surface area contributed by atoms with Crippen molar-refractivity contribution in [3.63, 3.8) is 0 Å². The number of phenolic OH excluding ortho intramolecular Hbond substituents is 2. The van der Waals surface area contributed by atoms with Gasteiger partial charge in [-0.05, 0) is 101 Å². The van der Waals surface area contributed by atoms with Crippen molar-refractivity contribution in [1.82, 2.24) is 0 Å². The van der Waals surface area contributed by atoms with E-state index in [0.717, 1.165) is 80.9 Å². The Morgan fingerprint density at radius 3 is 1.28 bits per heavy atom. The van der Waals surface area contributed by atoms with Crippen LogP contribution in [0.15, 0.2) is 141 Å². The van der Waals surface area contributed by atoms with Crippen LogP contribution in [-0.4, -0.2) is 122 Å². The van der Waals surface area contributed by atoms with E-state index in [0.29, 0.717) is 12.7 Å². The summed E-state index contributed by atoms with van der Waals surface area (Å²) in [5.74, 6) is -8.56. The van der Waals surface area contributed by atoms with Crippen LogP contribution in [0.25, 0.3) is 21.5 Å². The van der Waals surface area contributed by atoms with Gasteiger partial charge in [0, 0.05) is 10.9 Å². The van der Waals surface area contributed by atoms with E-state index in [1.54, 1.807) is 6.92 Å². The maximum atomic E-state index is 13.8. The van der Waals surface area contributed by atoms with E-state index < -0.39 is 214 Å². The first kappa shape index (κ1) is 69.6. The van der Waals surface area contributed by atoms with E-state index in [1.165, 1.54) is 18.2 Å². The van der Waals surface area contributed by atoms with Gasteiger partial charge in [-0.1, -0.05) is 24.3 Å². The number of aromatic hydroxyl groups is 2. The molecule has 0 saturated carbocycles. The molecule has 0 aliphatic heterocycles.